The van der Waals surface area contributed by atoms with E-state index in [1.165, 1.54) is 6.07 Å². The van der Waals surface area contributed by atoms with Crippen LogP contribution in [0.15, 0.2) is 18.2 Å². The van der Waals surface area contributed by atoms with Crippen LogP contribution in [0.25, 0.3) is 0 Å². The third-order valence-corrected chi connectivity index (χ3v) is 1.81. The Bertz CT molecular complexity index is 333. The predicted octanol–water partition coefficient (Wildman–Crippen LogP) is 1.45. The van der Waals surface area contributed by atoms with Crippen molar-refractivity contribution in [2.75, 3.05) is 17.6 Å². The van der Waals surface area contributed by atoms with Crippen molar-refractivity contribution in [3.63, 3.8) is 0 Å². The van der Waals surface area contributed by atoms with Gasteiger partial charge in [-0.1, -0.05) is 0 Å². The molecule has 4 N–H and O–H groups in total. The zero-order valence-corrected chi connectivity index (χ0v) is 7.75. The molecular weight excluding hydrogens is 209 g/mol. The molecule has 1 aromatic carbocycles. The molecular formula is C9H11F3N2O. The van der Waals surface area contributed by atoms with Crippen LogP contribution in [0.2, 0.25) is 0 Å². The van der Waals surface area contributed by atoms with Crippen molar-refractivity contribution in [3.8, 4) is 0 Å². The first-order chi connectivity index (χ1) is 7.00. The molecule has 0 radical (unpaired) electrons. The first-order valence-electron chi connectivity index (χ1n) is 4.26. The number of nitrogens with one attached hydrogen (secondary N) is 1. The van der Waals surface area contributed by atoms with E-state index in [0.717, 1.165) is 12.1 Å². The van der Waals surface area contributed by atoms with Crippen LogP contribution >= 0.6 is 0 Å². The molecule has 6 heteroatoms. The maximum Gasteiger partial charge on any atom is 0.265 e. The molecule has 0 fully saturated rings. The Hall–Kier alpha value is -1.43. The van der Waals surface area contributed by atoms with E-state index in [1.54, 1.807) is 0 Å². The molecule has 15 heavy (non-hydrogen) atoms. The summed E-state index contributed by atoms with van der Waals surface area (Å²) in [6.45, 7) is -0.384. The normalized spacial score (nSPS) is 12.9. The molecule has 0 heterocycles. The maximum absolute atomic E-state index is 12.7. The molecule has 0 saturated carbocycles. The van der Waals surface area contributed by atoms with Crippen molar-refractivity contribution in [3.05, 3.63) is 24.0 Å². The van der Waals surface area contributed by atoms with Crippen LogP contribution in [0, 0.1) is 5.82 Å². The van der Waals surface area contributed by atoms with Gasteiger partial charge in [-0.2, -0.15) is 0 Å². The van der Waals surface area contributed by atoms with E-state index < -0.39 is 18.3 Å². The Morgan fingerprint density at radius 3 is 2.67 bits per heavy atom. The number of aliphatic hydroxyl groups excluding tert-OH is 1. The van der Waals surface area contributed by atoms with Crippen molar-refractivity contribution in [1.29, 1.82) is 0 Å². The molecule has 0 spiro atoms. The first-order valence-corrected chi connectivity index (χ1v) is 4.26. The first kappa shape index (κ1) is 11.6. The molecule has 0 saturated heterocycles. The van der Waals surface area contributed by atoms with Crippen LogP contribution in [-0.2, 0) is 0 Å². The quantitative estimate of drug-likeness (QED) is 0.673. The van der Waals surface area contributed by atoms with Gasteiger partial charge in [-0.15, -0.1) is 0 Å². The molecule has 0 amide bonds. The van der Waals surface area contributed by atoms with E-state index >= 15 is 0 Å². The number of halogens is 3. The minimum absolute atomic E-state index is 0.190. The maximum atomic E-state index is 12.7. The van der Waals surface area contributed by atoms with Gasteiger partial charge in [0.1, 0.15) is 11.9 Å². The van der Waals surface area contributed by atoms with Gasteiger partial charge in [-0.25, -0.2) is 13.2 Å². The fourth-order valence-corrected chi connectivity index (χ4v) is 0.985. The fraction of sp³-hybridized carbons (Fsp3) is 0.333. The van der Waals surface area contributed by atoms with Gasteiger partial charge in [0, 0.05) is 6.54 Å². The smallest absolute Gasteiger partial charge is 0.265 e. The van der Waals surface area contributed by atoms with E-state index in [1.807, 2.05) is 0 Å². The van der Waals surface area contributed by atoms with Crippen molar-refractivity contribution < 1.29 is 18.3 Å². The van der Waals surface area contributed by atoms with Crippen LogP contribution in [-0.4, -0.2) is 24.2 Å². The largest absolute Gasteiger partial charge is 0.397 e. The lowest BCUT2D eigenvalue weighted by Gasteiger charge is -2.13. The summed E-state index contributed by atoms with van der Waals surface area (Å²) < 4.78 is 36.6. The molecule has 0 bridgehead atoms. The summed E-state index contributed by atoms with van der Waals surface area (Å²) in [5, 5.41) is 11.2. The average molecular weight is 220 g/mol. The van der Waals surface area contributed by atoms with Gasteiger partial charge in [-0.05, 0) is 18.2 Å². The molecule has 0 aliphatic heterocycles. The van der Waals surface area contributed by atoms with Crippen LogP contribution < -0.4 is 11.1 Å². The highest BCUT2D eigenvalue weighted by Gasteiger charge is 2.16. The molecule has 1 unspecified atom stereocenters. The van der Waals surface area contributed by atoms with E-state index in [0.29, 0.717) is 0 Å². The van der Waals surface area contributed by atoms with Crippen LogP contribution in [0.4, 0.5) is 24.5 Å². The van der Waals surface area contributed by atoms with Crippen molar-refractivity contribution >= 4 is 11.4 Å². The number of nitrogen functional groups attached to an aromatic ring is 1. The van der Waals surface area contributed by atoms with Gasteiger partial charge in [0.05, 0.1) is 11.4 Å². The molecule has 0 aliphatic carbocycles. The van der Waals surface area contributed by atoms with Gasteiger partial charge < -0.3 is 16.2 Å². The Morgan fingerprint density at radius 1 is 1.40 bits per heavy atom. The Labute approximate surface area is 84.7 Å². The number of anilines is 2. The second kappa shape index (κ2) is 4.88. The Balaban J connectivity index is 2.61. The number of nitrogens with two attached hydrogens (primary N) is 1. The van der Waals surface area contributed by atoms with Gasteiger partial charge in [0.2, 0.25) is 0 Å². The monoisotopic (exact) mass is 220 g/mol. The highest BCUT2D eigenvalue weighted by atomic mass is 19.3. The summed E-state index contributed by atoms with van der Waals surface area (Å²) in [5.41, 5.74) is 5.88. The lowest BCUT2D eigenvalue weighted by Crippen LogP contribution is -2.27. The summed E-state index contributed by atoms with van der Waals surface area (Å²) in [4.78, 5) is 0. The second-order valence-corrected chi connectivity index (χ2v) is 3.01. The minimum Gasteiger partial charge on any atom is -0.397 e. The zero-order chi connectivity index (χ0) is 11.4. The number of benzene rings is 1. The van der Waals surface area contributed by atoms with Crippen molar-refractivity contribution in [2.24, 2.45) is 0 Å². The fourth-order valence-electron chi connectivity index (χ4n) is 0.985. The molecule has 1 rings (SSSR count). The summed E-state index contributed by atoms with van der Waals surface area (Å²) in [5.74, 6) is -0.529. The second-order valence-electron chi connectivity index (χ2n) is 3.01. The van der Waals surface area contributed by atoms with Crippen LogP contribution in [0.1, 0.15) is 0 Å². The predicted molar refractivity (Wildman–Crippen MR) is 51.3 cm³/mol. The molecule has 3 nitrogen and oxygen atoms in total. The van der Waals surface area contributed by atoms with Crippen molar-refractivity contribution in [1.82, 2.24) is 0 Å². The lowest BCUT2D eigenvalue weighted by atomic mass is 10.2. The van der Waals surface area contributed by atoms with Crippen LogP contribution in [0.5, 0.6) is 0 Å². The summed E-state index contributed by atoms with van der Waals surface area (Å²) in [6, 6.07) is 3.55. The van der Waals surface area contributed by atoms with E-state index in [9.17, 15) is 13.2 Å². The van der Waals surface area contributed by atoms with E-state index in [4.69, 9.17) is 10.8 Å². The highest BCUT2D eigenvalue weighted by Crippen LogP contribution is 2.19. The molecule has 84 valence electrons. The topological polar surface area (TPSA) is 58.3 Å². The standard InChI is InChI=1S/C9H11F3N2O/c10-5-1-2-6(13)7(3-5)14-4-8(15)9(11)12/h1-3,8-9,14-15H,4,13H2. The van der Waals surface area contributed by atoms with Gasteiger partial charge in [0.25, 0.3) is 6.43 Å². The minimum atomic E-state index is -2.84. The molecule has 0 aliphatic rings. The van der Waals surface area contributed by atoms with Gasteiger partial charge >= 0.3 is 0 Å². The summed E-state index contributed by atoms with van der Waals surface area (Å²) in [6.07, 6.45) is -4.64. The van der Waals surface area contributed by atoms with E-state index in [-0.39, 0.29) is 17.9 Å². The average Bonchev–Trinajstić information content (AvgIpc) is 2.18. The van der Waals surface area contributed by atoms with Crippen molar-refractivity contribution in [2.45, 2.75) is 12.5 Å². The number of hydrogen-bond acceptors (Lipinski definition) is 3. The molecule has 1 atom stereocenters. The third-order valence-electron chi connectivity index (χ3n) is 1.81. The van der Waals surface area contributed by atoms with Gasteiger partial charge in [-0.3, -0.25) is 0 Å². The highest BCUT2D eigenvalue weighted by molar-refractivity contribution is 5.65. The Kier molecular flexibility index (Phi) is 3.79. The van der Waals surface area contributed by atoms with Crippen LogP contribution in [0.3, 0.4) is 0 Å². The lowest BCUT2D eigenvalue weighted by molar-refractivity contribution is 0.00385. The summed E-state index contributed by atoms with van der Waals surface area (Å²) >= 11 is 0. The molecule has 0 aromatic heterocycles. The number of hydrogen-bond donors (Lipinski definition) is 3. The summed E-state index contributed by atoms with van der Waals surface area (Å²) in [7, 11) is 0. The number of aliphatic hydroxyl groups is 1. The van der Waals surface area contributed by atoms with E-state index in [2.05, 4.69) is 5.32 Å². The Morgan fingerprint density at radius 2 is 2.07 bits per heavy atom. The number of rotatable bonds is 4. The SMILES string of the molecule is Nc1ccc(F)cc1NCC(O)C(F)F. The third kappa shape index (κ3) is 3.32. The number of alkyl halides is 2. The van der Waals surface area contributed by atoms with Gasteiger partial charge in [0.15, 0.2) is 0 Å². The molecule has 1 aromatic rings. The zero-order valence-electron chi connectivity index (χ0n) is 7.75.